The van der Waals surface area contributed by atoms with E-state index in [1.165, 1.54) is 5.56 Å². The zero-order valence-electron chi connectivity index (χ0n) is 13.7. The summed E-state index contributed by atoms with van der Waals surface area (Å²) in [6, 6.07) is 10.0. The number of benzene rings is 1. The summed E-state index contributed by atoms with van der Waals surface area (Å²) >= 11 is 5.95. The SMILES string of the molecule is COc1ccc(C[C@@H](C)NC[C@H](O)c2cc(Cl)cnc2C)cc1. The fraction of sp³-hybridized carbons (Fsp3) is 0.389. The Morgan fingerprint density at radius 1 is 1.30 bits per heavy atom. The highest BCUT2D eigenvalue weighted by Crippen LogP contribution is 2.20. The number of aliphatic hydroxyl groups excluding tert-OH is 1. The van der Waals surface area contributed by atoms with E-state index in [2.05, 4.69) is 29.4 Å². The number of hydrogen-bond donors (Lipinski definition) is 2. The van der Waals surface area contributed by atoms with Gasteiger partial charge in [0.2, 0.25) is 0 Å². The second-order valence-corrected chi connectivity index (χ2v) is 6.14. The van der Waals surface area contributed by atoms with Gasteiger partial charge in [0.25, 0.3) is 0 Å². The molecule has 0 radical (unpaired) electrons. The van der Waals surface area contributed by atoms with Crippen molar-refractivity contribution in [1.82, 2.24) is 10.3 Å². The van der Waals surface area contributed by atoms with Crippen LogP contribution in [0.15, 0.2) is 36.5 Å². The predicted octanol–water partition coefficient (Wildman–Crippen LogP) is 3.31. The van der Waals surface area contributed by atoms with Crippen molar-refractivity contribution in [1.29, 1.82) is 0 Å². The van der Waals surface area contributed by atoms with Crippen molar-refractivity contribution in [2.24, 2.45) is 0 Å². The Balaban J connectivity index is 1.87. The molecule has 0 amide bonds. The molecule has 1 aromatic carbocycles. The molecule has 0 saturated heterocycles. The molecule has 0 unspecified atom stereocenters. The Labute approximate surface area is 142 Å². The van der Waals surface area contributed by atoms with E-state index in [4.69, 9.17) is 16.3 Å². The van der Waals surface area contributed by atoms with Crippen LogP contribution in [0.1, 0.15) is 29.8 Å². The van der Waals surface area contributed by atoms with Crippen LogP contribution in [0.25, 0.3) is 0 Å². The minimum Gasteiger partial charge on any atom is -0.497 e. The molecule has 0 saturated carbocycles. The highest BCUT2D eigenvalue weighted by Gasteiger charge is 2.13. The quantitative estimate of drug-likeness (QED) is 0.815. The van der Waals surface area contributed by atoms with E-state index in [1.807, 2.05) is 19.1 Å². The van der Waals surface area contributed by atoms with Gasteiger partial charge < -0.3 is 15.2 Å². The van der Waals surface area contributed by atoms with Crippen LogP contribution in [0.2, 0.25) is 5.02 Å². The van der Waals surface area contributed by atoms with Crippen LogP contribution in [0.3, 0.4) is 0 Å². The fourth-order valence-corrected chi connectivity index (χ4v) is 2.64. The maximum absolute atomic E-state index is 10.3. The summed E-state index contributed by atoms with van der Waals surface area (Å²) in [6.45, 7) is 4.43. The van der Waals surface area contributed by atoms with Crippen LogP contribution in [-0.4, -0.2) is 29.8 Å². The zero-order valence-corrected chi connectivity index (χ0v) is 14.5. The number of rotatable bonds is 7. The minimum atomic E-state index is -0.625. The highest BCUT2D eigenvalue weighted by molar-refractivity contribution is 6.30. The van der Waals surface area contributed by atoms with Crippen LogP contribution in [0.4, 0.5) is 0 Å². The van der Waals surface area contributed by atoms with Crippen molar-refractivity contribution in [3.05, 3.63) is 58.4 Å². The molecule has 23 heavy (non-hydrogen) atoms. The lowest BCUT2D eigenvalue weighted by atomic mass is 10.1. The summed E-state index contributed by atoms with van der Waals surface area (Å²) in [7, 11) is 1.66. The van der Waals surface area contributed by atoms with Crippen molar-refractivity contribution in [3.8, 4) is 5.75 Å². The van der Waals surface area contributed by atoms with Crippen LogP contribution in [0, 0.1) is 6.92 Å². The lowest BCUT2D eigenvalue weighted by Gasteiger charge is -2.18. The van der Waals surface area contributed by atoms with E-state index < -0.39 is 6.10 Å². The Hall–Kier alpha value is -1.62. The Morgan fingerprint density at radius 2 is 2.00 bits per heavy atom. The number of ether oxygens (including phenoxy) is 1. The molecule has 0 spiro atoms. The van der Waals surface area contributed by atoms with Gasteiger partial charge in [0.1, 0.15) is 5.75 Å². The Bertz CT molecular complexity index is 631. The molecule has 1 heterocycles. The second kappa shape index (κ2) is 8.29. The average Bonchev–Trinajstić information content (AvgIpc) is 2.55. The second-order valence-electron chi connectivity index (χ2n) is 5.71. The summed E-state index contributed by atoms with van der Waals surface area (Å²) < 4.78 is 5.16. The average molecular weight is 335 g/mol. The monoisotopic (exact) mass is 334 g/mol. The van der Waals surface area contributed by atoms with E-state index in [0.717, 1.165) is 23.4 Å². The molecule has 2 atom stereocenters. The first kappa shape index (κ1) is 17.7. The van der Waals surface area contributed by atoms with E-state index in [-0.39, 0.29) is 6.04 Å². The van der Waals surface area contributed by atoms with Crippen LogP contribution in [0.5, 0.6) is 5.75 Å². The molecule has 0 aliphatic heterocycles. The summed E-state index contributed by atoms with van der Waals surface area (Å²) in [5, 5.41) is 14.2. The number of methoxy groups -OCH3 is 1. The zero-order chi connectivity index (χ0) is 16.8. The molecular formula is C18H23ClN2O2. The van der Waals surface area contributed by atoms with E-state index in [0.29, 0.717) is 11.6 Å². The van der Waals surface area contributed by atoms with Gasteiger partial charge in [-0.2, -0.15) is 0 Å². The standard InChI is InChI=1S/C18H23ClN2O2/c1-12(8-14-4-6-16(23-3)7-5-14)20-11-18(22)17-9-15(19)10-21-13(17)2/h4-7,9-10,12,18,20,22H,8,11H2,1-3H3/t12-,18+/m1/s1. The Kier molecular flexibility index (Phi) is 6.39. The first-order valence-electron chi connectivity index (χ1n) is 7.66. The van der Waals surface area contributed by atoms with E-state index in [9.17, 15) is 5.11 Å². The normalized spacial score (nSPS) is 13.6. The lowest BCUT2D eigenvalue weighted by Crippen LogP contribution is -2.32. The number of aryl methyl sites for hydroxylation is 1. The fourth-order valence-electron chi connectivity index (χ4n) is 2.47. The number of aliphatic hydroxyl groups is 1. The van der Waals surface area contributed by atoms with Crippen molar-refractivity contribution >= 4 is 11.6 Å². The molecule has 4 nitrogen and oxygen atoms in total. The van der Waals surface area contributed by atoms with Gasteiger partial charge in [0.05, 0.1) is 18.2 Å². The van der Waals surface area contributed by atoms with Gasteiger partial charge in [-0.05, 0) is 44.0 Å². The number of hydrogen-bond acceptors (Lipinski definition) is 4. The first-order chi connectivity index (χ1) is 11.0. The summed E-state index contributed by atoms with van der Waals surface area (Å²) in [4.78, 5) is 4.18. The van der Waals surface area contributed by atoms with Crippen LogP contribution in [-0.2, 0) is 6.42 Å². The molecule has 0 bridgehead atoms. The molecule has 2 N–H and O–H groups in total. The van der Waals surface area contributed by atoms with Gasteiger partial charge in [-0.3, -0.25) is 4.98 Å². The van der Waals surface area contributed by atoms with Gasteiger partial charge >= 0.3 is 0 Å². The third-order valence-electron chi connectivity index (χ3n) is 3.81. The van der Waals surface area contributed by atoms with Crippen LogP contribution >= 0.6 is 11.6 Å². The van der Waals surface area contributed by atoms with Crippen molar-refractivity contribution in [2.75, 3.05) is 13.7 Å². The molecule has 124 valence electrons. The molecule has 0 fully saturated rings. The molecule has 2 aromatic rings. The smallest absolute Gasteiger partial charge is 0.118 e. The topological polar surface area (TPSA) is 54.4 Å². The van der Waals surface area contributed by atoms with Gasteiger partial charge in [0.15, 0.2) is 0 Å². The van der Waals surface area contributed by atoms with Crippen molar-refractivity contribution in [2.45, 2.75) is 32.4 Å². The van der Waals surface area contributed by atoms with Crippen molar-refractivity contribution in [3.63, 3.8) is 0 Å². The minimum absolute atomic E-state index is 0.241. The summed E-state index contributed by atoms with van der Waals surface area (Å²) in [6.07, 6.45) is 1.84. The lowest BCUT2D eigenvalue weighted by molar-refractivity contribution is 0.169. The number of aromatic nitrogens is 1. The van der Waals surface area contributed by atoms with E-state index >= 15 is 0 Å². The van der Waals surface area contributed by atoms with Crippen LogP contribution < -0.4 is 10.1 Å². The third kappa shape index (κ3) is 5.20. The molecular weight excluding hydrogens is 312 g/mol. The summed E-state index contributed by atoms with van der Waals surface area (Å²) in [5.74, 6) is 0.855. The predicted molar refractivity (Wildman–Crippen MR) is 93.1 cm³/mol. The number of pyridine rings is 1. The van der Waals surface area contributed by atoms with Gasteiger partial charge in [0, 0.05) is 30.0 Å². The number of halogens is 1. The highest BCUT2D eigenvalue weighted by atomic mass is 35.5. The molecule has 1 aromatic heterocycles. The van der Waals surface area contributed by atoms with E-state index in [1.54, 1.807) is 19.4 Å². The van der Waals surface area contributed by atoms with Gasteiger partial charge in [-0.1, -0.05) is 23.7 Å². The third-order valence-corrected chi connectivity index (χ3v) is 4.02. The molecule has 2 rings (SSSR count). The first-order valence-corrected chi connectivity index (χ1v) is 8.04. The number of nitrogens with one attached hydrogen (secondary N) is 1. The molecule has 0 aliphatic carbocycles. The maximum atomic E-state index is 10.3. The number of nitrogens with zero attached hydrogens (tertiary/aromatic N) is 1. The Morgan fingerprint density at radius 3 is 2.65 bits per heavy atom. The maximum Gasteiger partial charge on any atom is 0.118 e. The molecule has 0 aliphatic rings. The summed E-state index contributed by atoms with van der Waals surface area (Å²) in [5.41, 5.74) is 2.79. The van der Waals surface area contributed by atoms with Gasteiger partial charge in [-0.15, -0.1) is 0 Å². The van der Waals surface area contributed by atoms with Crippen molar-refractivity contribution < 1.29 is 9.84 Å². The largest absolute Gasteiger partial charge is 0.497 e. The van der Waals surface area contributed by atoms with Gasteiger partial charge in [-0.25, -0.2) is 0 Å². The molecule has 5 heteroatoms.